The summed E-state index contributed by atoms with van der Waals surface area (Å²) in [6.45, 7) is 0.924. The number of ketones is 1. The monoisotopic (exact) mass is 627 g/mol. The average molecular weight is 628 g/mol. The highest BCUT2D eigenvalue weighted by Gasteiger charge is 2.43. The summed E-state index contributed by atoms with van der Waals surface area (Å²) >= 11 is 1.31. The van der Waals surface area contributed by atoms with Gasteiger partial charge in [-0.25, -0.2) is 4.98 Å². The van der Waals surface area contributed by atoms with E-state index >= 15 is 0 Å². The van der Waals surface area contributed by atoms with Crippen molar-refractivity contribution in [2.45, 2.75) is 49.7 Å². The molecule has 8 N–H and O–H groups in total. The number of nitrogens with zero attached hydrogens (tertiary/aromatic N) is 2. The molecule has 1 aromatic heterocycles. The van der Waals surface area contributed by atoms with Gasteiger partial charge < -0.3 is 15.5 Å². The van der Waals surface area contributed by atoms with Gasteiger partial charge in [-0.05, 0) is 48.9 Å². The molecule has 0 spiro atoms. The number of Topliss-reactive ketones (excluding diaryl/α,β-unsaturated/α-hetero) is 1. The predicted octanol–water partition coefficient (Wildman–Crippen LogP) is 0.483. The lowest BCUT2D eigenvalue weighted by atomic mass is 9.84. The first-order valence-corrected chi connectivity index (χ1v) is 16.2. The van der Waals surface area contributed by atoms with Crippen LogP contribution < -0.4 is 27.1 Å². The number of carbonyl (C=O) groups is 3. The van der Waals surface area contributed by atoms with Gasteiger partial charge >= 0.3 is 5.96 Å². The fourth-order valence-electron chi connectivity index (χ4n) is 6.10. The van der Waals surface area contributed by atoms with E-state index < -0.39 is 18.1 Å². The van der Waals surface area contributed by atoms with E-state index in [1.807, 2.05) is 97.3 Å². The summed E-state index contributed by atoms with van der Waals surface area (Å²) in [7, 11) is 1.90. The molecular formula is C34H41N7O3S+2. The second kappa shape index (κ2) is 14.9. The minimum Gasteiger partial charge on any atom is -0.344 e. The highest BCUT2D eigenvalue weighted by Crippen LogP contribution is 2.30. The number of likely N-dealkylation sites (N-methyl/N-ethyl adjacent to an activating group) is 1. The van der Waals surface area contributed by atoms with E-state index in [9.17, 15) is 14.4 Å². The number of likely N-dealkylation sites (tertiary alicyclic amines) is 1. The van der Waals surface area contributed by atoms with Gasteiger partial charge in [-0.15, -0.1) is 11.3 Å². The fraction of sp³-hybridized carbons (Fsp3) is 0.324. The highest BCUT2D eigenvalue weighted by atomic mass is 32.1. The van der Waals surface area contributed by atoms with Gasteiger partial charge in [-0.1, -0.05) is 72.8 Å². The molecule has 1 aliphatic rings. The lowest BCUT2D eigenvalue weighted by Gasteiger charge is -2.31. The summed E-state index contributed by atoms with van der Waals surface area (Å²) in [5.41, 5.74) is 13.9. The van der Waals surface area contributed by atoms with Gasteiger partial charge in [0.2, 0.25) is 11.7 Å². The van der Waals surface area contributed by atoms with Crippen LogP contribution in [0, 0.1) is 0 Å². The van der Waals surface area contributed by atoms with E-state index in [1.54, 1.807) is 4.90 Å². The van der Waals surface area contributed by atoms with Crippen LogP contribution in [0.15, 0.2) is 84.9 Å². The number of nitrogens with two attached hydrogens (primary N) is 3. The molecule has 3 atom stereocenters. The number of benzene rings is 3. The van der Waals surface area contributed by atoms with E-state index in [1.165, 1.54) is 11.3 Å². The summed E-state index contributed by atoms with van der Waals surface area (Å²) in [6.07, 6.45) is 2.12. The lowest BCUT2D eigenvalue weighted by Crippen LogP contribution is -2.90. The number of hydrogen-bond acceptors (Lipinski definition) is 5. The van der Waals surface area contributed by atoms with Crippen molar-refractivity contribution in [3.05, 3.63) is 101 Å². The maximum Gasteiger partial charge on any atom is 0.338 e. The average Bonchev–Trinajstić information content (AvgIpc) is 3.73. The zero-order valence-electron chi connectivity index (χ0n) is 25.4. The number of hydrogen-bond donors (Lipinski definition) is 5. The normalized spacial score (nSPS) is 16.0. The van der Waals surface area contributed by atoms with E-state index in [2.05, 4.69) is 15.3 Å². The van der Waals surface area contributed by atoms with E-state index in [-0.39, 0.29) is 29.5 Å². The van der Waals surface area contributed by atoms with Crippen LogP contribution in [0.5, 0.6) is 0 Å². The third-order valence-electron chi connectivity index (χ3n) is 8.30. The second-order valence-electron chi connectivity index (χ2n) is 11.3. The molecule has 234 valence electrons. The molecule has 0 saturated carbocycles. The number of thiazole rings is 1. The first-order valence-electron chi connectivity index (χ1n) is 15.4. The van der Waals surface area contributed by atoms with Gasteiger partial charge in [0.25, 0.3) is 5.91 Å². The molecule has 0 radical (unpaired) electrons. The van der Waals surface area contributed by atoms with Crippen LogP contribution in [-0.4, -0.2) is 71.7 Å². The van der Waals surface area contributed by atoms with Crippen molar-refractivity contribution in [1.82, 2.24) is 15.2 Å². The van der Waals surface area contributed by atoms with Crippen molar-refractivity contribution >= 4 is 45.1 Å². The molecule has 2 amide bonds. The fourth-order valence-corrected chi connectivity index (χ4v) is 7.06. The third-order valence-corrected chi connectivity index (χ3v) is 9.35. The quantitative estimate of drug-likeness (QED) is 0.0627. The van der Waals surface area contributed by atoms with Gasteiger partial charge in [0.1, 0.15) is 6.04 Å². The molecule has 2 heterocycles. The first kappa shape index (κ1) is 31.8. The van der Waals surface area contributed by atoms with Crippen LogP contribution in [0.25, 0.3) is 10.2 Å². The molecule has 10 nitrogen and oxygen atoms in total. The van der Waals surface area contributed by atoms with E-state index in [4.69, 9.17) is 11.5 Å². The van der Waals surface area contributed by atoms with Gasteiger partial charge in [-0.2, -0.15) is 0 Å². The summed E-state index contributed by atoms with van der Waals surface area (Å²) < 4.78 is 0.902. The zero-order chi connectivity index (χ0) is 31.8. The lowest BCUT2D eigenvalue weighted by molar-refractivity contribution is -0.652. The van der Waals surface area contributed by atoms with Crippen molar-refractivity contribution in [2.75, 3.05) is 20.1 Å². The Bertz CT molecular complexity index is 1570. The van der Waals surface area contributed by atoms with Crippen molar-refractivity contribution in [1.29, 1.82) is 0 Å². The predicted molar refractivity (Wildman–Crippen MR) is 175 cm³/mol. The van der Waals surface area contributed by atoms with Crippen LogP contribution in [-0.2, 0) is 9.59 Å². The molecule has 3 unspecified atom stereocenters. The molecule has 1 saturated heterocycles. The summed E-state index contributed by atoms with van der Waals surface area (Å²) in [6, 6.07) is 25.6. The number of carbonyl (C=O) groups excluding carboxylic acids is 3. The van der Waals surface area contributed by atoms with Crippen molar-refractivity contribution in [3.8, 4) is 0 Å². The Morgan fingerprint density at radius 2 is 1.64 bits per heavy atom. The van der Waals surface area contributed by atoms with E-state index in [0.29, 0.717) is 43.8 Å². The minimum atomic E-state index is -0.814. The molecule has 3 aromatic carbocycles. The number of guanidine groups is 1. The molecule has 0 bridgehead atoms. The van der Waals surface area contributed by atoms with Crippen molar-refractivity contribution in [2.24, 2.45) is 11.5 Å². The van der Waals surface area contributed by atoms with Gasteiger partial charge in [-0.3, -0.25) is 30.8 Å². The Hall–Kier alpha value is -4.61. The van der Waals surface area contributed by atoms with Crippen molar-refractivity contribution < 1.29 is 24.7 Å². The molecule has 4 aromatic rings. The number of rotatable bonds is 13. The SMILES string of the molecule is C[NH2+]C(C(=O)N1CCCC1C(=O)NC(CCC[NH+]=C(N)N)C(=O)c1nc2ccccc2s1)C(c1ccccc1)c1ccccc1. The highest BCUT2D eigenvalue weighted by molar-refractivity contribution is 7.20. The summed E-state index contributed by atoms with van der Waals surface area (Å²) in [5.74, 6) is -0.788. The van der Waals surface area contributed by atoms with E-state index in [0.717, 1.165) is 21.3 Å². The van der Waals surface area contributed by atoms with Crippen LogP contribution in [0.2, 0.25) is 0 Å². The second-order valence-corrected chi connectivity index (χ2v) is 12.3. The van der Waals surface area contributed by atoms with Crippen LogP contribution in [0.1, 0.15) is 52.5 Å². The van der Waals surface area contributed by atoms with Gasteiger partial charge in [0, 0.05) is 6.54 Å². The zero-order valence-corrected chi connectivity index (χ0v) is 26.2. The van der Waals surface area contributed by atoms with Crippen LogP contribution in [0.4, 0.5) is 0 Å². The number of para-hydroxylation sites is 1. The Labute approximate surface area is 266 Å². The molecule has 45 heavy (non-hydrogen) atoms. The molecule has 1 fully saturated rings. The first-order chi connectivity index (χ1) is 21.9. The Morgan fingerprint density at radius 1 is 1.00 bits per heavy atom. The van der Waals surface area contributed by atoms with Crippen LogP contribution >= 0.6 is 11.3 Å². The summed E-state index contributed by atoms with van der Waals surface area (Å²) in [5, 5.41) is 5.28. The summed E-state index contributed by atoms with van der Waals surface area (Å²) in [4.78, 5) is 51.0. The van der Waals surface area contributed by atoms with Gasteiger partial charge in [0.05, 0.1) is 35.8 Å². The molecule has 1 aliphatic heterocycles. The largest absolute Gasteiger partial charge is 0.344 e. The molecular weight excluding hydrogens is 586 g/mol. The number of nitrogens with one attached hydrogen (secondary N) is 2. The smallest absolute Gasteiger partial charge is 0.338 e. The van der Waals surface area contributed by atoms with Gasteiger partial charge in [0.15, 0.2) is 11.0 Å². The minimum absolute atomic E-state index is 0.0970. The maximum atomic E-state index is 14.3. The number of amides is 2. The number of aromatic nitrogens is 1. The molecule has 5 rings (SSSR count). The Balaban J connectivity index is 1.37. The van der Waals surface area contributed by atoms with Crippen molar-refractivity contribution in [3.63, 3.8) is 0 Å². The number of quaternary nitrogens is 1. The molecule has 11 heteroatoms. The molecule has 0 aliphatic carbocycles. The number of fused-ring (bicyclic) bond motifs is 1. The Morgan fingerprint density at radius 3 is 2.27 bits per heavy atom. The third kappa shape index (κ3) is 7.55. The topological polar surface area (TPSA) is 162 Å². The maximum absolute atomic E-state index is 14.3. The van der Waals surface area contributed by atoms with Crippen LogP contribution in [0.3, 0.4) is 0 Å². The standard InChI is InChI=1S/C34H39N7O3S/c1-37-29(28(22-12-4-2-5-13-22)23-14-6-3-7-15-23)33(44)41-21-11-18-26(41)31(43)39-25(17-10-20-38-34(35)36)30(42)32-40-24-16-8-9-19-27(24)45-32/h2-9,12-16,19,25-26,28-29,37H,10-11,17-18,20-21H2,1H3,(H,39,43)(H4,35,36,38)/p+2. The Kier molecular flexibility index (Phi) is 10.5.